The Morgan fingerprint density at radius 2 is 1.51 bits per heavy atom. The molecular weight excluding hydrogens is 731 g/mol. The van der Waals surface area contributed by atoms with Gasteiger partial charge in [0.15, 0.2) is 5.75 Å². The Balaban J connectivity index is 1.33. The predicted octanol–water partition coefficient (Wildman–Crippen LogP) is 7.58. The molecule has 1 heterocycles. The summed E-state index contributed by atoms with van der Waals surface area (Å²) in [5.41, 5.74) is 2.01. The van der Waals surface area contributed by atoms with E-state index in [0.29, 0.717) is 45.6 Å². The number of urea groups is 1. The number of carbonyl (C=O) groups is 2. The summed E-state index contributed by atoms with van der Waals surface area (Å²) in [5, 5.41) is 19.1. The predicted molar refractivity (Wildman–Crippen MR) is 211 cm³/mol. The van der Waals surface area contributed by atoms with Crippen LogP contribution in [0.25, 0.3) is 10.8 Å². The molecule has 0 atom stereocenters. The first kappa shape index (κ1) is 39.9. The Morgan fingerprint density at radius 3 is 2.20 bits per heavy atom. The van der Waals surface area contributed by atoms with Crippen molar-refractivity contribution in [1.29, 1.82) is 0 Å². The lowest BCUT2D eigenvalue weighted by Gasteiger charge is -2.24. The highest BCUT2D eigenvalue weighted by Crippen LogP contribution is 2.40. The fourth-order valence-electron chi connectivity index (χ4n) is 5.44. The first-order valence-electron chi connectivity index (χ1n) is 16.9. The normalized spacial score (nSPS) is 11.4. The lowest BCUT2D eigenvalue weighted by Crippen LogP contribution is -2.22. The third kappa shape index (κ3) is 11.1. The van der Waals surface area contributed by atoms with E-state index in [2.05, 4.69) is 25.7 Å². The summed E-state index contributed by atoms with van der Waals surface area (Å²) in [6, 6.07) is 22.4. The Labute approximate surface area is 319 Å². The fourth-order valence-corrected chi connectivity index (χ4v) is 5.99. The molecule has 0 saturated carbocycles. The van der Waals surface area contributed by atoms with Crippen molar-refractivity contribution in [2.24, 2.45) is 0 Å². The van der Waals surface area contributed by atoms with Gasteiger partial charge in [-0.05, 0) is 41.3 Å². The average molecular weight is 774 g/mol. The number of carbonyl (C=O) groups excluding carboxylic acids is 1. The summed E-state index contributed by atoms with van der Waals surface area (Å²) in [6.45, 7) is 5.75. The minimum absolute atomic E-state index is 0.0984. The topological polar surface area (TPSA) is 196 Å². The minimum Gasteiger partial charge on any atom is -0.497 e. The molecule has 290 valence electrons. The van der Waals surface area contributed by atoms with Crippen molar-refractivity contribution in [3.8, 4) is 28.7 Å². The van der Waals surface area contributed by atoms with E-state index in [1.165, 1.54) is 14.2 Å². The summed E-state index contributed by atoms with van der Waals surface area (Å²) < 4.78 is 54.8. The standard InChI is InChI=1S/C39H43N5O10S/c1-39(2,3)24-17-32(37(51-5)33(18-24)44-55(6,48)49)43-38(47)42-31-11-12-34(30-10-8-7-9-29(30)31)54-26-13-14-40-35(22-26)41-25-19-27(50-4)21-28(20-25)53-16-15-52-23-36(45)46/h7-14,17-22,44H,15-16,23H2,1-6H3,(H,40,41)(H,45,46)(H2,42,43,47). The number of hydrogen-bond acceptors (Lipinski definition) is 11. The van der Waals surface area contributed by atoms with E-state index in [1.807, 2.05) is 45.0 Å². The molecule has 0 aliphatic carbocycles. The first-order valence-corrected chi connectivity index (χ1v) is 18.8. The van der Waals surface area contributed by atoms with Gasteiger partial charge in [0.1, 0.15) is 42.0 Å². The molecule has 0 fully saturated rings. The van der Waals surface area contributed by atoms with E-state index >= 15 is 0 Å². The van der Waals surface area contributed by atoms with Crippen LogP contribution >= 0.6 is 0 Å². The molecule has 5 aromatic rings. The van der Waals surface area contributed by atoms with Gasteiger partial charge in [-0.3, -0.25) is 4.72 Å². The van der Waals surface area contributed by atoms with Crippen LogP contribution in [-0.4, -0.2) is 70.8 Å². The van der Waals surface area contributed by atoms with Crippen molar-refractivity contribution in [2.75, 3.05) is 61.0 Å². The number of hydrogen-bond donors (Lipinski definition) is 5. The van der Waals surface area contributed by atoms with Crippen molar-refractivity contribution in [1.82, 2.24) is 4.98 Å². The second-order valence-electron chi connectivity index (χ2n) is 13.3. The second-order valence-corrected chi connectivity index (χ2v) is 15.0. The van der Waals surface area contributed by atoms with Gasteiger partial charge in [-0.1, -0.05) is 45.0 Å². The molecule has 0 saturated heterocycles. The van der Waals surface area contributed by atoms with Crippen LogP contribution in [0.15, 0.2) is 85.1 Å². The number of benzene rings is 4. The third-order valence-electron chi connectivity index (χ3n) is 7.90. The molecule has 0 aliphatic heterocycles. The van der Waals surface area contributed by atoms with E-state index in [1.54, 1.807) is 60.8 Å². The number of carboxylic acid groups (broad SMARTS) is 1. The Bertz CT molecular complexity index is 2290. The minimum atomic E-state index is -3.65. The van der Waals surface area contributed by atoms with Crippen LogP contribution in [0.1, 0.15) is 26.3 Å². The maximum atomic E-state index is 13.5. The van der Waals surface area contributed by atoms with Crippen LogP contribution in [0.2, 0.25) is 0 Å². The Kier molecular flexibility index (Phi) is 12.5. The molecule has 4 aromatic carbocycles. The molecule has 0 bridgehead atoms. The van der Waals surface area contributed by atoms with Gasteiger partial charge in [0.2, 0.25) is 10.0 Å². The smallest absolute Gasteiger partial charge is 0.329 e. The van der Waals surface area contributed by atoms with Crippen LogP contribution in [-0.2, 0) is 25.0 Å². The number of ether oxygens (including phenoxy) is 5. The molecule has 0 aliphatic rings. The first-order chi connectivity index (χ1) is 26.1. The van der Waals surface area contributed by atoms with Crippen LogP contribution in [0.4, 0.5) is 33.4 Å². The molecule has 0 unspecified atom stereocenters. The number of nitrogens with one attached hydrogen (secondary N) is 4. The highest BCUT2D eigenvalue weighted by molar-refractivity contribution is 7.92. The van der Waals surface area contributed by atoms with E-state index in [9.17, 15) is 18.0 Å². The van der Waals surface area contributed by atoms with Gasteiger partial charge in [0.25, 0.3) is 0 Å². The molecule has 15 nitrogen and oxygen atoms in total. The molecule has 55 heavy (non-hydrogen) atoms. The van der Waals surface area contributed by atoms with Crippen LogP contribution in [0.3, 0.4) is 0 Å². The average Bonchev–Trinajstić information content (AvgIpc) is 3.11. The van der Waals surface area contributed by atoms with Crippen molar-refractivity contribution in [3.05, 3.63) is 90.6 Å². The van der Waals surface area contributed by atoms with Crippen molar-refractivity contribution in [3.63, 3.8) is 0 Å². The monoisotopic (exact) mass is 773 g/mol. The zero-order chi connectivity index (χ0) is 39.8. The number of fused-ring (bicyclic) bond motifs is 1. The number of anilines is 5. The molecule has 0 radical (unpaired) electrons. The number of carboxylic acids is 1. The van der Waals surface area contributed by atoms with Gasteiger partial charge < -0.3 is 44.7 Å². The number of rotatable bonds is 16. The van der Waals surface area contributed by atoms with Gasteiger partial charge in [0, 0.05) is 46.9 Å². The summed E-state index contributed by atoms with van der Waals surface area (Å²) >= 11 is 0. The lowest BCUT2D eigenvalue weighted by atomic mass is 9.86. The third-order valence-corrected chi connectivity index (χ3v) is 8.49. The summed E-state index contributed by atoms with van der Waals surface area (Å²) in [6.07, 6.45) is 2.64. The summed E-state index contributed by atoms with van der Waals surface area (Å²) in [5.74, 6) is 1.60. The summed E-state index contributed by atoms with van der Waals surface area (Å²) in [4.78, 5) is 28.6. The number of aliphatic carboxylic acids is 1. The Hall–Kier alpha value is -6.26. The number of nitrogens with zero attached hydrogens (tertiary/aromatic N) is 1. The number of pyridine rings is 1. The fraction of sp³-hybridized carbons (Fsp3) is 0.256. The molecular formula is C39H43N5O10S. The largest absolute Gasteiger partial charge is 0.497 e. The van der Waals surface area contributed by atoms with Gasteiger partial charge in [-0.2, -0.15) is 0 Å². The maximum Gasteiger partial charge on any atom is 0.329 e. The summed E-state index contributed by atoms with van der Waals surface area (Å²) in [7, 11) is -0.720. The molecule has 16 heteroatoms. The van der Waals surface area contributed by atoms with Crippen LogP contribution < -0.4 is 39.6 Å². The van der Waals surface area contributed by atoms with Crippen molar-refractivity contribution in [2.45, 2.75) is 26.2 Å². The highest BCUT2D eigenvalue weighted by atomic mass is 32.2. The van der Waals surface area contributed by atoms with E-state index in [-0.39, 0.29) is 35.8 Å². The maximum absolute atomic E-state index is 13.5. The zero-order valence-electron chi connectivity index (χ0n) is 31.2. The SMILES string of the molecule is COc1cc(Nc2cc(Oc3ccc(NC(=O)Nc4cc(C(C)(C)C)cc(NS(C)(=O)=O)c4OC)c4ccccc34)ccn2)cc(OCCOCC(=O)O)c1. The second kappa shape index (κ2) is 17.3. The van der Waals surface area contributed by atoms with Crippen LogP contribution in [0.5, 0.6) is 28.7 Å². The Morgan fingerprint density at radius 1 is 0.800 bits per heavy atom. The number of sulfonamides is 1. The number of amides is 2. The molecule has 5 rings (SSSR count). The van der Waals surface area contributed by atoms with Gasteiger partial charge in [0.05, 0.1) is 44.1 Å². The van der Waals surface area contributed by atoms with E-state index < -0.39 is 28.6 Å². The number of methoxy groups -OCH3 is 2. The van der Waals surface area contributed by atoms with Gasteiger partial charge >= 0.3 is 12.0 Å². The quantitative estimate of drug-likeness (QED) is 0.0618. The van der Waals surface area contributed by atoms with E-state index in [0.717, 1.165) is 17.2 Å². The molecule has 2 amide bonds. The van der Waals surface area contributed by atoms with Gasteiger partial charge in [-0.25, -0.2) is 23.0 Å². The van der Waals surface area contributed by atoms with Crippen molar-refractivity contribution >= 4 is 61.4 Å². The van der Waals surface area contributed by atoms with Crippen molar-refractivity contribution < 1.29 is 46.8 Å². The number of aromatic nitrogens is 1. The zero-order valence-corrected chi connectivity index (χ0v) is 32.0. The van der Waals surface area contributed by atoms with E-state index in [4.69, 9.17) is 28.8 Å². The molecule has 5 N–H and O–H groups in total. The highest BCUT2D eigenvalue weighted by Gasteiger charge is 2.22. The van der Waals surface area contributed by atoms with Crippen LogP contribution in [0, 0.1) is 0 Å². The molecule has 0 spiro atoms. The lowest BCUT2D eigenvalue weighted by molar-refractivity contribution is -0.142. The molecule has 1 aromatic heterocycles. The van der Waals surface area contributed by atoms with Gasteiger partial charge in [-0.15, -0.1) is 0 Å².